The van der Waals surface area contributed by atoms with Gasteiger partial charge in [0, 0.05) is 22.0 Å². The van der Waals surface area contributed by atoms with Gasteiger partial charge in [0.25, 0.3) is 0 Å². The molecule has 0 aliphatic carbocycles. The Kier molecular flexibility index (Phi) is 3.59. The summed E-state index contributed by atoms with van der Waals surface area (Å²) < 4.78 is 71.7. The molecule has 0 unspecified atom stereocenters. The molecule has 0 aromatic heterocycles. The Morgan fingerprint density at radius 2 is 1.40 bits per heavy atom. The predicted molar refractivity (Wildman–Crippen MR) is 46.0 cm³/mol. The first-order valence-corrected chi connectivity index (χ1v) is 4.92. The maximum Gasteiger partial charge on any atom is 0.353 e. The van der Waals surface area contributed by atoms with Crippen LogP contribution in [0.4, 0.5) is 26.3 Å². The van der Waals surface area contributed by atoms with Gasteiger partial charge in [-0.15, -0.1) is 0 Å². The van der Waals surface area contributed by atoms with Crippen molar-refractivity contribution in [3.63, 3.8) is 0 Å². The van der Waals surface area contributed by atoms with Gasteiger partial charge in [-0.25, -0.2) is 17.6 Å². The fraction of sp³-hybridized carbons (Fsp3) is 0.143. The number of hydrogen-bond acceptors (Lipinski definition) is 1. The second-order valence-corrected chi connectivity index (χ2v) is 4.99. The molecule has 0 saturated heterocycles. The lowest BCUT2D eigenvalue weighted by atomic mass is 10.3. The number of hydrogen-bond donors (Lipinski definition) is 0. The highest BCUT2D eigenvalue weighted by molar-refractivity contribution is 9.11. The van der Waals surface area contributed by atoms with Crippen LogP contribution in [-0.4, -0.2) is 4.16 Å². The average Bonchev–Trinajstić information content (AvgIpc) is 2.08. The van der Waals surface area contributed by atoms with E-state index in [4.69, 9.17) is 0 Å². The van der Waals surface area contributed by atoms with E-state index >= 15 is 0 Å². The van der Waals surface area contributed by atoms with E-state index in [-0.39, 0.29) is 6.07 Å². The molecule has 0 bridgehead atoms. The smallest absolute Gasteiger partial charge is 0.204 e. The summed E-state index contributed by atoms with van der Waals surface area (Å²) in [6, 6.07) is -0.0545. The van der Waals surface area contributed by atoms with Crippen molar-refractivity contribution in [3.05, 3.63) is 29.3 Å². The summed E-state index contributed by atoms with van der Waals surface area (Å²) in [6.45, 7) is 0. The molecule has 0 nitrogen and oxygen atoms in total. The zero-order chi connectivity index (χ0) is 11.8. The van der Waals surface area contributed by atoms with E-state index in [0.29, 0.717) is 0 Å². The summed E-state index contributed by atoms with van der Waals surface area (Å²) in [7, 11) is 0. The Morgan fingerprint density at radius 3 is 1.73 bits per heavy atom. The highest BCUT2D eigenvalue weighted by atomic mass is 79.9. The molecule has 0 radical (unpaired) electrons. The lowest BCUT2D eigenvalue weighted by Crippen LogP contribution is -2.03. The Bertz CT molecular complexity index is 362. The first-order valence-electron chi connectivity index (χ1n) is 3.31. The van der Waals surface area contributed by atoms with Crippen molar-refractivity contribution in [2.75, 3.05) is 0 Å². The fourth-order valence-electron chi connectivity index (χ4n) is 0.757. The Labute approximate surface area is 92.8 Å². The van der Waals surface area contributed by atoms with E-state index in [0.717, 1.165) is 0 Å². The zero-order valence-corrected chi connectivity index (χ0v) is 9.03. The third-order valence-electron chi connectivity index (χ3n) is 1.29. The summed E-state index contributed by atoms with van der Waals surface area (Å²) >= 11 is 1.12. The van der Waals surface area contributed by atoms with E-state index in [9.17, 15) is 26.3 Å². The molecule has 0 fully saturated rings. The van der Waals surface area contributed by atoms with Crippen LogP contribution in [0.25, 0.3) is 0 Å². The van der Waals surface area contributed by atoms with Crippen LogP contribution in [0.1, 0.15) is 0 Å². The molecule has 0 saturated carbocycles. The summed E-state index contributed by atoms with van der Waals surface area (Å²) in [5, 5.41) is 0. The minimum absolute atomic E-state index is 0.0545. The minimum Gasteiger partial charge on any atom is -0.204 e. The second kappa shape index (κ2) is 4.25. The van der Waals surface area contributed by atoms with E-state index < -0.39 is 44.1 Å². The van der Waals surface area contributed by atoms with E-state index in [1.807, 2.05) is 0 Å². The maximum absolute atomic E-state index is 12.8. The van der Waals surface area contributed by atoms with Crippen molar-refractivity contribution in [3.8, 4) is 0 Å². The molecular weight excluding hydrogens is 310 g/mol. The van der Waals surface area contributed by atoms with Crippen LogP contribution in [0.3, 0.4) is 0 Å². The summed E-state index contributed by atoms with van der Waals surface area (Å²) in [6.07, 6.45) is 0. The number of alkyl halides is 3. The highest BCUT2D eigenvalue weighted by Crippen LogP contribution is 2.43. The van der Waals surface area contributed by atoms with Gasteiger partial charge < -0.3 is 0 Å². The Balaban J connectivity index is 3.27. The average molecular weight is 311 g/mol. The van der Waals surface area contributed by atoms with Gasteiger partial charge >= 0.3 is 4.16 Å². The van der Waals surface area contributed by atoms with Crippen molar-refractivity contribution < 1.29 is 26.3 Å². The fourth-order valence-corrected chi connectivity index (χ4v) is 1.85. The molecule has 1 aromatic rings. The number of rotatable bonds is 2. The van der Waals surface area contributed by atoms with Crippen molar-refractivity contribution >= 4 is 27.7 Å². The van der Waals surface area contributed by atoms with Crippen molar-refractivity contribution in [2.24, 2.45) is 0 Å². The van der Waals surface area contributed by atoms with Crippen LogP contribution in [0.5, 0.6) is 0 Å². The SMILES string of the molecule is Fc1cc(F)c(F)c(SC(F)(F)Br)c1F. The van der Waals surface area contributed by atoms with Crippen LogP contribution in [0.15, 0.2) is 11.0 Å². The van der Waals surface area contributed by atoms with E-state index in [2.05, 4.69) is 0 Å². The van der Waals surface area contributed by atoms with Crippen LogP contribution in [0.2, 0.25) is 0 Å². The third kappa shape index (κ3) is 3.04. The molecule has 1 rings (SSSR count). The quantitative estimate of drug-likeness (QED) is 0.340. The van der Waals surface area contributed by atoms with Crippen LogP contribution < -0.4 is 0 Å². The third-order valence-corrected chi connectivity index (χ3v) is 2.57. The van der Waals surface area contributed by atoms with Gasteiger partial charge in [0.05, 0.1) is 4.90 Å². The first-order chi connectivity index (χ1) is 6.72. The highest BCUT2D eigenvalue weighted by Gasteiger charge is 2.31. The molecule has 15 heavy (non-hydrogen) atoms. The predicted octanol–water partition coefficient (Wildman–Crippen LogP) is 4.28. The van der Waals surface area contributed by atoms with Gasteiger partial charge in [-0.3, -0.25) is 0 Å². The van der Waals surface area contributed by atoms with Gasteiger partial charge in [-0.1, -0.05) is 0 Å². The van der Waals surface area contributed by atoms with Crippen LogP contribution >= 0.6 is 27.7 Å². The second-order valence-electron chi connectivity index (χ2n) is 2.35. The van der Waals surface area contributed by atoms with E-state index in [1.54, 1.807) is 15.9 Å². The van der Waals surface area contributed by atoms with Crippen molar-refractivity contribution in [1.82, 2.24) is 0 Å². The van der Waals surface area contributed by atoms with Gasteiger partial charge in [0.2, 0.25) is 0 Å². The molecule has 0 N–H and O–H groups in total. The lowest BCUT2D eigenvalue weighted by molar-refractivity contribution is 0.220. The molecule has 0 atom stereocenters. The number of benzene rings is 1. The topological polar surface area (TPSA) is 0 Å². The molecule has 0 aliphatic heterocycles. The lowest BCUT2D eigenvalue weighted by Gasteiger charge is -2.09. The van der Waals surface area contributed by atoms with Crippen molar-refractivity contribution in [1.29, 1.82) is 0 Å². The summed E-state index contributed by atoms with van der Waals surface area (Å²) in [5.41, 5.74) is 0. The minimum atomic E-state index is -3.71. The molecule has 0 heterocycles. The standard InChI is InChI=1S/C7HBrF6S/c8-7(13,14)15-6-4(11)2(9)1-3(10)5(6)12/h1H. The zero-order valence-electron chi connectivity index (χ0n) is 6.63. The largest absolute Gasteiger partial charge is 0.353 e. The Morgan fingerprint density at radius 1 is 1.00 bits per heavy atom. The van der Waals surface area contributed by atoms with Crippen LogP contribution in [-0.2, 0) is 0 Å². The molecule has 8 heteroatoms. The maximum atomic E-state index is 12.8. The molecule has 0 amide bonds. The molecule has 84 valence electrons. The molecule has 1 aromatic carbocycles. The normalized spacial score (nSPS) is 11.9. The summed E-state index contributed by atoms with van der Waals surface area (Å²) in [5.74, 6) is -7.16. The molecule has 0 aliphatic rings. The molecule has 0 spiro atoms. The van der Waals surface area contributed by atoms with Gasteiger partial charge in [-0.05, 0) is 11.8 Å². The Hall–Kier alpha value is -0.370. The number of halogens is 7. The van der Waals surface area contributed by atoms with E-state index in [1.165, 1.54) is 0 Å². The van der Waals surface area contributed by atoms with Gasteiger partial charge in [0.1, 0.15) is 0 Å². The number of thioether (sulfide) groups is 1. The summed E-state index contributed by atoms with van der Waals surface area (Å²) in [4.78, 5) is -1.41. The first kappa shape index (κ1) is 12.7. The van der Waals surface area contributed by atoms with Gasteiger partial charge in [-0.2, -0.15) is 8.78 Å². The van der Waals surface area contributed by atoms with Gasteiger partial charge in [0.15, 0.2) is 23.3 Å². The van der Waals surface area contributed by atoms with Crippen LogP contribution in [0, 0.1) is 23.3 Å². The monoisotopic (exact) mass is 310 g/mol. The van der Waals surface area contributed by atoms with Crippen molar-refractivity contribution in [2.45, 2.75) is 9.06 Å². The molecular formula is C7HBrF6S.